The molecule has 1 unspecified atom stereocenters. The fraction of sp³-hybridized carbons (Fsp3) is 0.765. The van der Waals surface area contributed by atoms with E-state index >= 15 is 0 Å². The van der Waals surface area contributed by atoms with Crippen molar-refractivity contribution in [2.75, 3.05) is 0 Å². The van der Waals surface area contributed by atoms with Gasteiger partial charge >= 0.3 is 12.4 Å². The molecule has 0 aliphatic heterocycles. The van der Waals surface area contributed by atoms with Gasteiger partial charge in [0.15, 0.2) is 0 Å². The highest BCUT2D eigenvalue weighted by Gasteiger charge is 2.69. The Labute approximate surface area is 252 Å². The molecule has 0 bridgehead atoms. The summed E-state index contributed by atoms with van der Waals surface area (Å²) in [6.45, 7) is 13.8. The summed E-state index contributed by atoms with van der Waals surface area (Å²) in [4.78, 5) is 0. The maximum absolute atomic E-state index is 13.4. The lowest BCUT2D eigenvalue weighted by Gasteiger charge is -2.49. The molecule has 3 nitrogen and oxygen atoms in total. The Bertz CT molecular complexity index is 1080. The van der Waals surface area contributed by atoms with Gasteiger partial charge in [-0.3, -0.25) is 0 Å². The van der Waals surface area contributed by atoms with E-state index in [-0.39, 0.29) is 35.7 Å². The molecule has 0 spiro atoms. The third-order valence-electron chi connectivity index (χ3n) is 10.7. The molecule has 3 rings (SSSR count). The number of hydrogen-bond donors (Lipinski definition) is 3. The van der Waals surface area contributed by atoms with Crippen LogP contribution >= 0.6 is 0 Å². The zero-order valence-corrected chi connectivity index (χ0v) is 26.2. The summed E-state index contributed by atoms with van der Waals surface area (Å²) in [6, 6.07) is 0. The molecule has 3 aliphatic rings. The Balaban J connectivity index is 1.93. The monoisotopic (exact) mass is 620 g/mol. The van der Waals surface area contributed by atoms with Crippen LogP contribution in [0, 0.1) is 28.6 Å². The zero-order chi connectivity index (χ0) is 32.6. The van der Waals surface area contributed by atoms with Crippen molar-refractivity contribution in [3.63, 3.8) is 0 Å². The molecule has 3 fully saturated rings. The lowest BCUT2D eigenvalue weighted by Crippen LogP contribution is -2.55. The lowest BCUT2D eigenvalue weighted by atomic mass is 9.55. The number of alkyl halides is 6. The van der Waals surface area contributed by atoms with Crippen molar-refractivity contribution >= 4 is 0 Å². The van der Waals surface area contributed by atoms with Crippen molar-refractivity contribution in [2.24, 2.45) is 28.6 Å². The molecule has 0 aromatic heterocycles. The molecule has 0 amide bonds. The Morgan fingerprint density at radius 1 is 0.977 bits per heavy atom. The molecule has 43 heavy (non-hydrogen) atoms. The van der Waals surface area contributed by atoms with Crippen LogP contribution < -0.4 is 0 Å². The molecular formula is C34H50F6O3. The van der Waals surface area contributed by atoms with Crippen LogP contribution in [0.15, 0.2) is 47.6 Å². The minimum absolute atomic E-state index is 0.0177. The zero-order valence-electron chi connectivity index (χ0n) is 26.2. The molecule has 246 valence electrons. The van der Waals surface area contributed by atoms with E-state index in [0.29, 0.717) is 32.1 Å². The number of aliphatic hydroxyl groups is 3. The highest BCUT2D eigenvalue weighted by molar-refractivity contribution is 5.37. The second kappa shape index (κ2) is 12.7. The van der Waals surface area contributed by atoms with Crippen LogP contribution in [0.5, 0.6) is 0 Å². The average molecular weight is 621 g/mol. The van der Waals surface area contributed by atoms with Gasteiger partial charge < -0.3 is 15.3 Å². The first-order chi connectivity index (χ1) is 19.5. The summed E-state index contributed by atoms with van der Waals surface area (Å²) < 4.78 is 80.3. The number of halogens is 6. The van der Waals surface area contributed by atoms with Gasteiger partial charge in [0.25, 0.3) is 5.60 Å². The van der Waals surface area contributed by atoms with Crippen LogP contribution in [0.3, 0.4) is 0 Å². The molecule has 0 radical (unpaired) electrons. The van der Waals surface area contributed by atoms with Gasteiger partial charge in [0.1, 0.15) is 0 Å². The lowest BCUT2D eigenvalue weighted by molar-refractivity contribution is -0.347. The molecule has 3 N–H and O–H groups in total. The van der Waals surface area contributed by atoms with Gasteiger partial charge in [0.2, 0.25) is 0 Å². The van der Waals surface area contributed by atoms with E-state index in [2.05, 4.69) is 32.6 Å². The highest BCUT2D eigenvalue weighted by Crippen LogP contribution is 2.64. The normalized spacial score (nSPS) is 32.9. The first-order valence-corrected chi connectivity index (χ1v) is 15.6. The molecular weight excluding hydrogens is 570 g/mol. The van der Waals surface area contributed by atoms with E-state index < -0.39 is 35.1 Å². The van der Waals surface area contributed by atoms with Crippen LogP contribution in [-0.4, -0.2) is 45.0 Å². The smallest absolute Gasteiger partial charge is 0.393 e. The van der Waals surface area contributed by atoms with Crippen molar-refractivity contribution in [2.45, 2.75) is 135 Å². The van der Waals surface area contributed by atoms with Crippen LogP contribution in [0.1, 0.15) is 105 Å². The first-order valence-electron chi connectivity index (χ1n) is 15.6. The topological polar surface area (TPSA) is 60.7 Å². The van der Waals surface area contributed by atoms with Gasteiger partial charge in [-0.2, -0.15) is 26.3 Å². The summed E-state index contributed by atoms with van der Waals surface area (Å²) in [5, 5.41) is 30.3. The van der Waals surface area contributed by atoms with E-state index in [0.717, 1.165) is 49.3 Å². The molecule has 6 atom stereocenters. The Morgan fingerprint density at radius 3 is 2.19 bits per heavy atom. The Morgan fingerprint density at radius 2 is 1.60 bits per heavy atom. The molecule has 0 aromatic carbocycles. The molecule has 3 aliphatic carbocycles. The van der Waals surface area contributed by atoms with E-state index in [4.69, 9.17) is 0 Å². The van der Waals surface area contributed by atoms with Gasteiger partial charge in [-0.1, -0.05) is 57.6 Å². The van der Waals surface area contributed by atoms with Gasteiger partial charge in [0.05, 0.1) is 11.7 Å². The second-order valence-electron chi connectivity index (χ2n) is 14.7. The van der Waals surface area contributed by atoms with Crippen LogP contribution in [0.25, 0.3) is 0 Å². The third kappa shape index (κ3) is 7.81. The predicted octanol–water partition coefficient (Wildman–Crippen LogP) is 9.15. The number of hydrogen-bond acceptors (Lipinski definition) is 3. The largest absolute Gasteiger partial charge is 0.429 e. The number of allylic oxidation sites excluding steroid dienone is 5. The molecule has 0 aromatic rings. The molecule has 0 heterocycles. The third-order valence-corrected chi connectivity index (χ3v) is 10.7. The van der Waals surface area contributed by atoms with Crippen molar-refractivity contribution < 1.29 is 41.7 Å². The Hall–Kier alpha value is -1.58. The second-order valence-corrected chi connectivity index (χ2v) is 14.7. The van der Waals surface area contributed by atoms with Crippen molar-refractivity contribution in [3.8, 4) is 0 Å². The minimum Gasteiger partial charge on any atom is -0.393 e. The van der Waals surface area contributed by atoms with Gasteiger partial charge in [-0.25, -0.2) is 0 Å². The van der Waals surface area contributed by atoms with Crippen molar-refractivity contribution in [3.05, 3.63) is 47.6 Å². The standard InChI is InChI=1S/C34H50F6O3/c1-22-20-26(41)21-25(23(22)2)12-11-24-10-7-18-31(6)27(24)13-14-28(31)30(5,16-8-15-29(3,4)42)17-9-19-32(43,33(35,36)37)34(38,39)40/h9,11-12,19,22,26-28,41-43H,2,7-8,10,13-18,20-21H2,1,3-6H3/b19-9+,24-11+,25-12-/t22-,26-,27?,28+,30+,31-/m0/s1. The number of aliphatic hydroxyl groups excluding tert-OH is 1. The summed E-state index contributed by atoms with van der Waals surface area (Å²) in [6.07, 6.45) is -0.102. The number of rotatable bonds is 9. The fourth-order valence-electron chi connectivity index (χ4n) is 8.29. The predicted molar refractivity (Wildman–Crippen MR) is 157 cm³/mol. The summed E-state index contributed by atoms with van der Waals surface area (Å²) in [5.74, 6) is 0.442. The average Bonchev–Trinajstić information content (AvgIpc) is 3.21. The SMILES string of the molecule is C=C1/C(=C\C=C2/CCC[C@@]3(C)C2CC[C@@H]3[C@@](C)(C/C=C/C(O)(C(F)(F)F)C(F)(F)F)CCCC(C)(C)O)C[C@@H](O)C[C@@H]1C. The van der Waals surface area contributed by atoms with Crippen LogP contribution in [0.4, 0.5) is 26.3 Å². The van der Waals surface area contributed by atoms with E-state index in [1.54, 1.807) is 13.8 Å². The van der Waals surface area contributed by atoms with Gasteiger partial charge in [-0.15, -0.1) is 0 Å². The van der Waals surface area contributed by atoms with Crippen molar-refractivity contribution in [1.82, 2.24) is 0 Å². The summed E-state index contributed by atoms with van der Waals surface area (Å²) in [7, 11) is 0. The fourth-order valence-corrected chi connectivity index (χ4v) is 8.29. The Kier molecular flexibility index (Phi) is 10.6. The molecule has 0 saturated heterocycles. The van der Waals surface area contributed by atoms with Crippen LogP contribution in [0.2, 0.25) is 0 Å². The van der Waals surface area contributed by atoms with E-state index in [1.165, 1.54) is 5.57 Å². The van der Waals surface area contributed by atoms with Gasteiger partial charge in [0, 0.05) is 0 Å². The minimum atomic E-state index is -5.90. The summed E-state index contributed by atoms with van der Waals surface area (Å²) >= 11 is 0. The van der Waals surface area contributed by atoms with E-state index in [9.17, 15) is 41.7 Å². The summed E-state index contributed by atoms with van der Waals surface area (Å²) in [5.41, 5.74) is -3.35. The highest BCUT2D eigenvalue weighted by atomic mass is 19.4. The van der Waals surface area contributed by atoms with E-state index in [1.807, 2.05) is 6.92 Å². The maximum atomic E-state index is 13.4. The van der Waals surface area contributed by atoms with Crippen molar-refractivity contribution in [1.29, 1.82) is 0 Å². The molecule has 3 saturated carbocycles. The first kappa shape index (κ1) is 35.9. The molecule has 9 heteroatoms. The maximum Gasteiger partial charge on any atom is 0.429 e. The number of fused-ring (bicyclic) bond motifs is 1. The van der Waals surface area contributed by atoms with Crippen LogP contribution in [-0.2, 0) is 0 Å². The van der Waals surface area contributed by atoms with Gasteiger partial charge in [-0.05, 0) is 124 Å². The quantitative estimate of drug-likeness (QED) is 0.178.